The molecule has 0 aromatic carbocycles. The third kappa shape index (κ3) is 2.51. The third-order valence-corrected chi connectivity index (χ3v) is 3.33. The molecule has 0 amide bonds. The molecule has 0 saturated carbocycles. The number of carbonyl (C=O) groups is 1. The Balaban J connectivity index is 2.39. The summed E-state index contributed by atoms with van der Waals surface area (Å²) in [5.74, 6) is 0.145. The number of carbonyl (C=O) groups excluding carboxylic acids is 1. The lowest BCUT2D eigenvalue weighted by Gasteiger charge is -2.06. The lowest BCUT2D eigenvalue weighted by atomic mass is 10.3. The number of aryl methyl sites for hydroxylation is 2. The van der Waals surface area contributed by atoms with Crippen LogP contribution in [0.3, 0.4) is 0 Å². The van der Waals surface area contributed by atoms with Gasteiger partial charge in [0.25, 0.3) is 0 Å². The van der Waals surface area contributed by atoms with Gasteiger partial charge < -0.3 is 9.30 Å². The molecule has 0 aliphatic carbocycles. The lowest BCUT2D eigenvalue weighted by Crippen LogP contribution is -2.07. The number of imidazole rings is 1. The zero-order valence-corrected chi connectivity index (χ0v) is 11.1. The molecule has 2 heterocycles. The van der Waals surface area contributed by atoms with Gasteiger partial charge in [0.1, 0.15) is 16.4 Å². The number of ether oxygens (including phenoxy) is 1. The Bertz CT molecular complexity index is 582. The number of rotatable bonds is 3. The van der Waals surface area contributed by atoms with Gasteiger partial charge in [-0.1, -0.05) is 0 Å². The van der Waals surface area contributed by atoms with Crippen molar-refractivity contribution < 1.29 is 9.53 Å². The van der Waals surface area contributed by atoms with E-state index in [4.69, 9.17) is 4.74 Å². The Morgan fingerprint density at radius 3 is 2.83 bits per heavy atom. The van der Waals surface area contributed by atoms with Crippen LogP contribution in [-0.2, 0) is 11.8 Å². The predicted molar refractivity (Wildman–Crippen MR) is 65.4 cm³/mol. The highest BCUT2D eigenvalue weighted by molar-refractivity contribution is 7.99. The van der Waals surface area contributed by atoms with Gasteiger partial charge in [0.15, 0.2) is 5.16 Å². The third-order valence-electron chi connectivity index (χ3n) is 2.24. The molecule has 0 N–H and O–H groups in total. The van der Waals surface area contributed by atoms with E-state index in [-0.39, 0.29) is 0 Å². The fraction of sp³-hybridized carbons (Fsp3) is 0.273. The minimum Gasteiger partial charge on any atom is -0.465 e. The zero-order valence-electron chi connectivity index (χ0n) is 10.2. The first-order chi connectivity index (χ1) is 8.61. The summed E-state index contributed by atoms with van der Waals surface area (Å²) in [6, 6.07) is 0. The average Bonchev–Trinajstić information content (AvgIpc) is 2.74. The number of methoxy groups -OCH3 is 1. The van der Waals surface area contributed by atoms with Crippen molar-refractivity contribution >= 4 is 17.7 Å². The van der Waals surface area contributed by atoms with Crippen molar-refractivity contribution in [3.8, 4) is 0 Å². The number of esters is 1. The maximum absolute atomic E-state index is 11.6. The standard InChI is InChI=1S/C11H12N4O2S/c1-7-13-6-8(10(16)17-3)9(14-7)18-11-12-4-5-15(11)2/h4-6H,1-3H3. The molecule has 6 nitrogen and oxygen atoms in total. The smallest absolute Gasteiger partial charge is 0.342 e. The summed E-state index contributed by atoms with van der Waals surface area (Å²) in [4.78, 5) is 24.1. The molecule has 18 heavy (non-hydrogen) atoms. The second-order valence-electron chi connectivity index (χ2n) is 3.55. The minimum atomic E-state index is -0.452. The van der Waals surface area contributed by atoms with Crippen molar-refractivity contribution in [2.24, 2.45) is 7.05 Å². The summed E-state index contributed by atoms with van der Waals surface area (Å²) >= 11 is 1.31. The Hall–Kier alpha value is -1.89. The van der Waals surface area contributed by atoms with Gasteiger partial charge in [0.05, 0.1) is 7.11 Å². The van der Waals surface area contributed by atoms with E-state index in [0.717, 1.165) is 5.16 Å². The van der Waals surface area contributed by atoms with Gasteiger partial charge in [-0.15, -0.1) is 0 Å². The first kappa shape index (κ1) is 12.6. The fourth-order valence-electron chi connectivity index (χ4n) is 1.31. The predicted octanol–water partition coefficient (Wildman–Crippen LogP) is 1.46. The Kier molecular flexibility index (Phi) is 3.61. The van der Waals surface area contributed by atoms with Crippen LogP contribution in [0.1, 0.15) is 16.2 Å². The van der Waals surface area contributed by atoms with Crippen LogP contribution in [0.4, 0.5) is 0 Å². The molecule has 0 fully saturated rings. The number of aromatic nitrogens is 4. The van der Waals surface area contributed by atoms with Gasteiger partial charge in [-0.05, 0) is 18.7 Å². The van der Waals surface area contributed by atoms with Crippen molar-refractivity contribution in [2.75, 3.05) is 7.11 Å². The molecule has 7 heteroatoms. The van der Waals surface area contributed by atoms with E-state index < -0.39 is 5.97 Å². The van der Waals surface area contributed by atoms with Crippen LogP contribution in [-0.4, -0.2) is 32.6 Å². The van der Waals surface area contributed by atoms with Gasteiger partial charge in [-0.25, -0.2) is 19.7 Å². The van der Waals surface area contributed by atoms with Gasteiger partial charge in [-0.3, -0.25) is 0 Å². The molecule has 0 atom stereocenters. The molecule has 2 aromatic rings. The van der Waals surface area contributed by atoms with E-state index in [2.05, 4.69) is 15.0 Å². The molecule has 0 unspecified atom stereocenters. The Labute approximate surface area is 108 Å². The van der Waals surface area contributed by atoms with Crippen LogP contribution in [0.2, 0.25) is 0 Å². The molecule has 2 rings (SSSR count). The molecule has 0 saturated heterocycles. The van der Waals surface area contributed by atoms with Gasteiger partial charge in [-0.2, -0.15) is 0 Å². The highest BCUT2D eigenvalue weighted by Gasteiger charge is 2.16. The molecule has 94 valence electrons. The molecule has 2 aromatic heterocycles. The highest BCUT2D eigenvalue weighted by atomic mass is 32.2. The molecule has 0 aliphatic heterocycles. The monoisotopic (exact) mass is 264 g/mol. The van der Waals surface area contributed by atoms with Crippen molar-refractivity contribution in [1.29, 1.82) is 0 Å². The number of hydrogen-bond donors (Lipinski definition) is 0. The van der Waals surface area contributed by atoms with Crippen LogP contribution in [0.25, 0.3) is 0 Å². The quantitative estimate of drug-likeness (QED) is 0.617. The van der Waals surface area contributed by atoms with Crippen LogP contribution in [0.15, 0.2) is 28.8 Å². The molecular weight excluding hydrogens is 252 g/mol. The minimum absolute atomic E-state index is 0.344. The van der Waals surface area contributed by atoms with Gasteiger partial charge >= 0.3 is 5.97 Å². The summed E-state index contributed by atoms with van der Waals surface area (Å²) in [6.45, 7) is 1.77. The summed E-state index contributed by atoms with van der Waals surface area (Å²) < 4.78 is 6.56. The fourth-order valence-corrected chi connectivity index (χ4v) is 2.23. The maximum Gasteiger partial charge on any atom is 0.342 e. The summed E-state index contributed by atoms with van der Waals surface area (Å²) in [5.41, 5.74) is 0.344. The molecule has 0 radical (unpaired) electrons. The molecule has 0 bridgehead atoms. The molecule has 0 spiro atoms. The highest BCUT2D eigenvalue weighted by Crippen LogP contribution is 2.27. The summed E-state index contributed by atoms with van der Waals surface area (Å²) in [6.07, 6.45) is 4.99. The van der Waals surface area contributed by atoms with E-state index in [9.17, 15) is 4.79 Å². The van der Waals surface area contributed by atoms with E-state index in [1.54, 1.807) is 13.1 Å². The van der Waals surface area contributed by atoms with Gasteiger partial charge in [0.2, 0.25) is 0 Å². The lowest BCUT2D eigenvalue weighted by molar-refractivity contribution is 0.0595. The largest absolute Gasteiger partial charge is 0.465 e. The van der Waals surface area contributed by atoms with Crippen molar-refractivity contribution in [3.63, 3.8) is 0 Å². The second-order valence-corrected chi connectivity index (χ2v) is 4.51. The average molecular weight is 264 g/mol. The van der Waals surface area contributed by atoms with Crippen molar-refractivity contribution in [2.45, 2.75) is 17.1 Å². The van der Waals surface area contributed by atoms with Crippen LogP contribution in [0, 0.1) is 6.92 Å². The van der Waals surface area contributed by atoms with Crippen LogP contribution in [0.5, 0.6) is 0 Å². The number of hydrogen-bond acceptors (Lipinski definition) is 6. The topological polar surface area (TPSA) is 69.9 Å². The van der Waals surface area contributed by atoms with E-state index in [0.29, 0.717) is 16.4 Å². The van der Waals surface area contributed by atoms with Crippen LogP contribution >= 0.6 is 11.8 Å². The summed E-state index contributed by atoms with van der Waals surface area (Å²) in [7, 11) is 3.21. The van der Waals surface area contributed by atoms with E-state index in [1.165, 1.54) is 25.1 Å². The molecular formula is C11H12N4O2S. The van der Waals surface area contributed by atoms with Crippen molar-refractivity contribution in [1.82, 2.24) is 19.5 Å². The van der Waals surface area contributed by atoms with E-state index in [1.807, 2.05) is 17.8 Å². The maximum atomic E-state index is 11.6. The van der Waals surface area contributed by atoms with Gasteiger partial charge in [0, 0.05) is 25.6 Å². The zero-order chi connectivity index (χ0) is 13.1. The first-order valence-electron chi connectivity index (χ1n) is 5.19. The first-order valence-corrected chi connectivity index (χ1v) is 6.00. The Morgan fingerprint density at radius 1 is 1.44 bits per heavy atom. The molecule has 0 aliphatic rings. The second kappa shape index (κ2) is 5.18. The Morgan fingerprint density at radius 2 is 2.22 bits per heavy atom. The van der Waals surface area contributed by atoms with Crippen molar-refractivity contribution in [3.05, 3.63) is 30.0 Å². The number of nitrogens with zero attached hydrogens (tertiary/aromatic N) is 4. The van der Waals surface area contributed by atoms with Crippen LogP contribution < -0.4 is 0 Å². The SMILES string of the molecule is COC(=O)c1cnc(C)nc1Sc1nccn1C. The van der Waals surface area contributed by atoms with E-state index >= 15 is 0 Å². The summed E-state index contributed by atoms with van der Waals surface area (Å²) in [5, 5.41) is 1.29. The normalized spacial score (nSPS) is 10.4.